The molecule has 0 spiro atoms. The van der Waals surface area contributed by atoms with Gasteiger partial charge in [-0.25, -0.2) is 0 Å². The van der Waals surface area contributed by atoms with E-state index < -0.39 is 0 Å². The van der Waals surface area contributed by atoms with Gasteiger partial charge in [-0.15, -0.1) is 24.8 Å². The van der Waals surface area contributed by atoms with Crippen molar-refractivity contribution in [2.45, 2.75) is 51.0 Å². The topological polar surface area (TPSA) is 67.6 Å². The van der Waals surface area contributed by atoms with Gasteiger partial charge in [-0.1, -0.05) is 30.3 Å². The number of likely N-dealkylation sites (tertiary alicyclic amines) is 1. The number of amides is 1. The highest BCUT2D eigenvalue weighted by Gasteiger charge is 2.26. The maximum absolute atomic E-state index is 12.2. The van der Waals surface area contributed by atoms with Crippen LogP contribution in [0.3, 0.4) is 0 Å². The molecule has 1 aromatic carbocycles. The van der Waals surface area contributed by atoms with Crippen molar-refractivity contribution in [1.29, 1.82) is 0 Å². The maximum atomic E-state index is 12.2. The molecule has 1 amide bonds. The minimum absolute atomic E-state index is 0. The number of carbonyl (C=O) groups excluding carboxylic acids is 1. The maximum Gasteiger partial charge on any atom is 0.237 e. The van der Waals surface area contributed by atoms with E-state index in [0.717, 1.165) is 57.9 Å². The van der Waals surface area contributed by atoms with Crippen LogP contribution in [0.1, 0.15) is 44.1 Å². The summed E-state index contributed by atoms with van der Waals surface area (Å²) in [6, 6.07) is 10.5. The van der Waals surface area contributed by atoms with E-state index in [-0.39, 0.29) is 42.7 Å². The monoisotopic (exact) mass is 459 g/mol. The first-order valence-corrected chi connectivity index (χ1v) is 11.1. The number of benzene rings is 1. The first-order chi connectivity index (χ1) is 13.7. The van der Waals surface area contributed by atoms with Crippen LogP contribution in [-0.4, -0.2) is 56.2 Å². The molecule has 0 bridgehead atoms. The van der Waals surface area contributed by atoms with Crippen LogP contribution in [0.4, 0.5) is 0 Å². The number of hydrogen-bond donors (Lipinski definition) is 2. The first kappa shape index (κ1) is 27.2. The number of nitrogens with two attached hydrogens (primary N) is 1. The highest BCUT2D eigenvalue weighted by Crippen LogP contribution is 2.22. The molecule has 2 heterocycles. The molecule has 7 heteroatoms. The molecule has 3 rings (SSSR count). The molecular formula is C23H39Cl2N3O2. The minimum atomic E-state index is -0.382. The highest BCUT2D eigenvalue weighted by molar-refractivity contribution is 5.85. The molecule has 0 saturated carbocycles. The van der Waals surface area contributed by atoms with Crippen LogP contribution < -0.4 is 11.1 Å². The van der Waals surface area contributed by atoms with Crippen LogP contribution >= 0.6 is 24.8 Å². The summed E-state index contributed by atoms with van der Waals surface area (Å²) in [4.78, 5) is 14.8. The molecule has 0 aromatic heterocycles. The molecule has 5 nitrogen and oxygen atoms in total. The molecular weight excluding hydrogens is 421 g/mol. The number of unbranched alkanes of at least 4 members (excludes halogenated alkanes) is 1. The largest absolute Gasteiger partial charge is 0.381 e. The van der Waals surface area contributed by atoms with Gasteiger partial charge in [-0.2, -0.15) is 0 Å². The Labute approximate surface area is 194 Å². The standard InChI is InChI=1S/C23H37N3O2.2ClH/c24-22(21-10-16-28-17-11-21)23(27)25-12-4-5-13-26-14-8-20(9-15-26)18-19-6-2-1-3-7-19;;/h1-3,6-7,20-22H,4-5,8-18,24H2,(H,25,27);2*1H. The molecule has 1 unspecified atom stereocenters. The lowest BCUT2D eigenvalue weighted by Gasteiger charge is -2.32. The van der Waals surface area contributed by atoms with E-state index in [9.17, 15) is 4.79 Å². The van der Waals surface area contributed by atoms with Crippen LogP contribution in [0, 0.1) is 11.8 Å². The molecule has 2 fully saturated rings. The molecule has 3 N–H and O–H groups in total. The van der Waals surface area contributed by atoms with Crippen LogP contribution in [0.2, 0.25) is 0 Å². The number of nitrogens with one attached hydrogen (secondary N) is 1. The van der Waals surface area contributed by atoms with Gasteiger partial charge in [0, 0.05) is 19.8 Å². The Balaban J connectivity index is 0.00000225. The Morgan fingerprint density at radius 2 is 1.73 bits per heavy atom. The normalized spacial score (nSPS) is 19.4. The predicted molar refractivity (Wildman–Crippen MR) is 128 cm³/mol. The molecule has 1 atom stereocenters. The minimum Gasteiger partial charge on any atom is -0.381 e. The summed E-state index contributed by atoms with van der Waals surface area (Å²) in [6.07, 6.45) is 7.77. The number of nitrogens with zero attached hydrogens (tertiary/aromatic N) is 1. The fraction of sp³-hybridized carbons (Fsp3) is 0.696. The molecule has 2 aliphatic heterocycles. The third-order valence-corrected chi connectivity index (χ3v) is 6.35. The summed E-state index contributed by atoms with van der Waals surface area (Å²) >= 11 is 0. The van der Waals surface area contributed by atoms with Crippen molar-refractivity contribution in [3.63, 3.8) is 0 Å². The number of ether oxygens (including phenoxy) is 1. The van der Waals surface area contributed by atoms with E-state index in [2.05, 4.69) is 40.5 Å². The molecule has 2 saturated heterocycles. The van der Waals surface area contributed by atoms with Gasteiger partial charge in [0.05, 0.1) is 6.04 Å². The summed E-state index contributed by atoms with van der Waals surface area (Å²) in [6.45, 7) is 5.75. The van der Waals surface area contributed by atoms with E-state index >= 15 is 0 Å². The third kappa shape index (κ3) is 9.11. The zero-order valence-electron chi connectivity index (χ0n) is 18.0. The van der Waals surface area contributed by atoms with Crippen molar-refractivity contribution in [2.75, 3.05) is 39.4 Å². The lowest BCUT2D eigenvalue weighted by molar-refractivity contribution is -0.124. The number of hydrogen-bond acceptors (Lipinski definition) is 4. The fourth-order valence-corrected chi connectivity index (χ4v) is 4.44. The van der Waals surface area contributed by atoms with Crippen molar-refractivity contribution in [1.82, 2.24) is 10.2 Å². The predicted octanol–water partition coefficient (Wildman–Crippen LogP) is 3.44. The van der Waals surface area contributed by atoms with E-state index in [1.807, 2.05) is 0 Å². The van der Waals surface area contributed by atoms with Gasteiger partial charge in [-0.3, -0.25) is 4.79 Å². The second-order valence-electron chi connectivity index (χ2n) is 8.45. The van der Waals surface area contributed by atoms with Crippen molar-refractivity contribution in [3.05, 3.63) is 35.9 Å². The molecule has 30 heavy (non-hydrogen) atoms. The lowest BCUT2D eigenvalue weighted by Crippen LogP contribution is -2.47. The van der Waals surface area contributed by atoms with Gasteiger partial charge in [0.2, 0.25) is 5.91 Å². The van der Waals surface area contributed by atoms with Crippen LogP contribution in [0.5, 0.6) is 0 Å². The summed E-state index contributed by atoms with van der Waals surface area (Å²) in [5.74, 6) is 1.10. The van der Waals surface area contributed by atoms with E-state index in [4.69, 9.17) is 10.5 Å². The van der Waals surface area contributed by atoms with Crippen LogP contribution in [-0.2, 0) is 16.0 Å². The second kappa shape index (κ2) is 15.0. The number of halogens is 2. The Hall–Kier alpha value is -0.850. The van der Waals surface area contributed by atoms with Gasteiger partial charge < -0.3 is 20.7 Å². The smallest absolute Gasteiger partial charge is 0.237 e. The van der Waals surface area contributed by atoms with Crippen molar-refractivity contribution in [3.8, 4) is 0 Å². The van der Waals surface area contributed by atoms with Gasteiger partial charge in [0.1, 0.15) is 0 Å². The quantitative estimate of drug-likeness (QED) is 0.554. The number of rotatable bonds is 9. The molecule has 172 valence electrons. The van der Waals surface area contributed by atoms with E-state index in [0.29, 0.717) is 0 Å². The fourth-order valence-electron chi connectivity index (χ4n) is 4.44. The highest BCUT2D eigenvalue weighted by atomic mass is 35.5. The summed E-state index contributed by atoms with van der Waals surface area (Å²) in [5.41, 5.74) is 7.58. The molecule has 2 aliphatic rings. The summed E-state index contributed by atoms with van der Waals surface area (Å²) < 4.78 is 5.34. The van der Waals surface area contributed by atoms with Gasteiger partial charge >= 0.3 is 0 Å². The van der Waals surface area contributed by atoms with Gasteiger partial charge in [0.15, 0.2) is 0 Å². The Bertz CT molecular complexity index is 577. The number of carbonyl (C=O) groups is 1. The Morgan fingerprint density at radius 3 is 2.40 bits per heavy atom. The Morgan fingerprint density at radius 1 is 1.07 bits per heavy atom. The van der Waals surface area contributed by atoms with Gasteiger partial charge in [0.25, 0.3) is 0 Å². The summed E-state index contributed by atoms with van der Waals surface area (Å²) in [5, 5.41) is 3.03. The molecule has 0 radical (unpaired) electrons. The zero-order chi connectivity index (χ0) is 19.6. The summed E-state index contributed by atoms with van der Waals surface area (Å²) in [7, 11) is 0. The number of piperidine rings is 1. The first-order valence-electron chi connectivity index (χ1n) is 11.1. The van der Waals surface area contributed by atoms with Crippen LogP contribution in [0.25, 0.3) is 0 Å². The molecule has 0 aliphatic carbocycles. The van der Waals surface area contributed by atoms with E-state index in [1.165, 1.54) is 37.9 Å². The van der Waals surface area contributed by atoms with Crippen LogP contribution in [0.15, 0.2) is 30.3 Å². The average Bonchev–Trinajstić information content (AvgIpc) is 2.75. The van der Waals surface area contributed by atoms with Gasteiger partial charge in [-0.05, 0) is 82.0 Å². The van der Waals surface area contributed by atoms with Crippen molar-refractivity contribution < 1.29 is 9.53 Å². The Kier molecular flexibility index (Phi) is 13.6. The zero-order valence-corrected chi connectivity index (χ0v) is 19.6. The van der Waals surface area contributed by atoms with Crippen molar-refractivity contribution >= 4 is 30.7 Å². The third-order valence-electron chi connectivity index (χ3n) is 6.35. The van der Waals surface area contributed by atoms with Crippen molar-refractivity contribution in [2.24, 2.45) is 17.6 Å². The second-order valence-corrected chi connectivity index (χ2v) is 8.45. The molecule has 1 aromatic rings. The van der Waals surface area contributed by atoms with E-state index in [1.54, 1.807) is 0 Å². The average molecular weight is 460 g/mol. The lowest BCUT2D eigenvalue weighted by atomic mass is 9.90. The SMILES string of the molecule is Cl.Cl.NC(C(=O)NCCCCN1CCC(Cc2ccccc2)CC1)C1CCOCC1.